The SMILES string of the molecule is CCCN(Cc1ccc(C#N)cc1F)C1CC1. The second-order valence-electron chi connectivity index (χ2n) is 4.62. The van der Waals surface area contributed by atoms with Gasteiger partial charge in [0.2, 0.25) is 0 Å². The van der Waals surface area contributed by atoms with E-state index in [1.807, 2.05) is 6.07 Å². The lowest BCUT2D eigenvalue weighted by molar-refractivity contribution is 0.252. The molecule has 0 aromatic heterocycles. The van der Waals surface area contributed by atoms with E-state index in [0.29, 0.717) is 23.7 Å². The predicted octanol–water partition coefficient (Wildman–Crippen LogP) is 3.07. The fourth-order valence-electron chi connectivity index (χ4n) is 2.08. The van der Waals surface area contributed by atoms with E-state index in [1.165, 1.54) is 18.9 Å². The van der Waals surface area contributed by atoms with Crippen LogP contribution in [0.3, 0.4) is 0 Å². The van der Waals surface area contributed by atoms with Crippen LogP contribution in [0.15, 0.2) is 18.2 Å². The first kappa shape index (κ1) is 12.1. The van der Waals surface area contributed by atoms with Crippen molar-refractivity contribution in [3.05, 3.63) is 35.1 Å². The number of hydrogen-bond acceptors (Lipinski definition) is 2. The Hall–Kier alpha value is -1.40. The molecule has 1 aromatic carbocycles. The van der Waals surface area contributed by atoms with Gasteiger partial charge in [0.15, 0.2) is 0 Å². The average molecular weight is 232 g/mol. The monoisotopic (exact) mass is 232 g/mol. The van der Waals surface area contributed by atoms with Gasteiger partial charge in [-0.2, -0.15) is 5.26 Å². The number of halogens is 1. The Labute approximate surface area is 102 Å². The van der Waals surface area contributed by atoms with Crippen molar-refractivity contribution in [3.8, 4) is 6.07 Å². The van der Waals surface area contributed by atoms with Crippen molar-refractivity contribution in [2.45, 2.75) is 38.8 Å². The highest BCUT2D eigenvalue weighted by Crippen LogP contribution is 2.28. The quantitative estimate of drug-likeness (QED) is 0.780. The van der Waals surface area contributed by atoms with E-state index in [0.717, 1.165) is 13.0 Å². The van der Waals surface area contributed by atoms with Gasteiger partial charge in [0.05, 0.1) is 11.6 Å². The molecule has 90 valence electrons. The minimum Gasteiger partial charge on any atom is -0.296 e. The minimum absolute atomic E-state index is 0.259. The molecular weight excluding hydrogens is 215 g/mol. The van der Waals surface area contributed by atoms with E-state index >= 15 is 0 Å². The summed E-state index contributed by atoms with van der Waals surface area (Å²) < 4.78 is 13.7. The molecule has 0 amide bonds. The molecule has 0 spiro atoms. The highest BCUT2D eigenvalue weighted by Gasteiger charge is 2.28. The van der Waals surface area contributed by atoms with Crippen LogP contribution < -0.4 is 0 Å². The molecule has 2 nitrogen and oxygen atoms in total. The maximum Gasteiger partial charge on any atom is 0.129 e. The molecule has 1 fully saturated rings. The minimum atomic E-state index is -0.259. The summed E-state index contributed by atoms with van der Waals surface area (Å²) in [5.41, 5.74) is 1.09. The fraction of sp³-hybridized carbons (Fsp3) is 0.500. The first-order chi connectivity index (χ1) is 8.24. The maximum absolute atomic E-state index is 13.7. The van der Waals surface area contributed by atoms with Crippen LogP contribution >= 0.6 is 0 Å². The zero-order valence-corrected chi connectivity index (χ0v) is 10.1. The third kappa shape index (κ3) is 3.04. The van der Waals surface area contributed by atoms with E-state index in [2.05, 4.69) is 11.8 Å². The van der Waals surface area contributed by atoms with Crippen LogP contribution in [0.25, 0.3) is 0 Å². The van der Waals surface area contributed by atoms with Gasteiger partial charge in [-0.3, -0.25) is 4.90 Å². The normalized spacial score (nSPS) is 14.9. The van der Waals surface area contributed by atoms with Gasteiger partial charge < -0.3 is 0 Å². The third-order valence-electron chi connectivity index (χ3n) is 3.13. The van der Waals surface area contributed by atoms with Gasteiger partial charge in [0.25, 0.3) is 0 Å². The summed E-state index contributed by atoms with van der Waals surface area (Å²) in [6.07, 6.45) is 3.56. The maximum atomic E-state index is 13.7. The second kappa shape index (κ2) is 5.29. The third-order valence-corrected chi connectivity index (χ3v) is 3.13. The smallest absolute Gasteiger partial charge is 0.129 e. The molecule has 1 aromatic rings. The Morgan fingerprint density at radius 2 is 2.24 bits per heavy atom. The lowest BCUT2D eigenvalue weighted by Crippen LogP contribution is -2.26. The molecule has 1 saturated carbocycles. The van der Waals surface area contributed by atoms with Crippen LogP contribution in [0.5, 0.6) is 0 Å². The highest BCUT2D eigenvalue weighted by atomic mass is 19.1. The molecule has 0 aliphatic heterocycles. The Bertz CT molecular complexity index is 432. The lowest BCUT2D eigenvalue weighted by Gasteiger charge is -2.21. The molecule has 0 radical (unpaired) electrons. The Morgan fingerprint density at radius 1 is 1.47 bits per heavy atom. The van der Waals surface area contributed by atoms with Gasteiger partial charge in [-0.1, -0.05) is 13.0 Å². The van der Waals surface area contributed by atoms with Crippen molar-refractivity contribution in [2.24, 2.45) is 0 Å². The highest BCUT2D eigenvalue weighted by molar-refractivity contribution is 5.32. The Kier molecular flexibility index (Phi) is 3.75. The van der Waals surface area contributed by atoms with Crippen LogP contribution in [0.4, 0.5) is 4.39 Å². The first-order valence-electron chi connectivity index (χ1n) is 6.17. The summed E-state index contributed by atoms with van der Waals surface area (Å²) >= 11 is 0. The van der Waals surface area contributed by atoms with Crippen molar-refractivity contribution in [1.29, 1.82) is 5.26 Å². The standard InChI is InChI=1S/C14H17FN2/c1-2-7-17(13-5-6-13)10-12-4-3-11(9-16)8-14(12)15/h3-4,8,13H,2,5-7,10H2,1H3. The number of hydrogen-bond donors (Lipinski definition) is 0. The molecule has 0 atom stereocenters. The van der Waals surface area contributed by atoms with Crippen molar-refractivity contribution in [1.82, 2.24) is 4.90 Å². The second-order valence-corrected chi connectivity index (χ2v) is 4.62. The largest absolute Gasteiger partial charge is 0.296 e. The number of benzene rings is 1. The van der Waals surface area contributed by atoms with Gasteiger partial charge in [-0.25, -0.2) is 4.39 Å². The van der Waals surface area contributed by atoms with E-state index < -0.39 is 0 Å². The molecule has 0 N–H and O–H groups in total. The van der Waals surface area contributed by atoms with Crippen molar-refractivity contribution >= 4 is 0 Å². The van der Waals surface area contributed by atoms with E-state index in [9.17, 15) is 4.39 Å². The van der Waals surface area contributed by atoms with E-state index in [-0.39, 0.29) is 5.82 Å². The number of rotatable bonds is 5. The van der Waals surface area contributed by atoms with Crippen molar-refractivity contribution in [2.75, 3.05) is 6.54 Å². The van der Waals surface area contributed by atoms with Crippen LogP contribution in [0.1, 0.15) is 37.3 Å². The molecule has 3 heteroatoms. The van der Waals surface area contributed by atoms with Crippen molar-refractivity contribution in [3.63, 3.8) is 0 Å². The van der Waals surface area contributed by atoms with E-state index in [1.54, 1.807) is 12.1 Å². The molecular formula is C14H17FN2. The topological polar surface area (TPSA) is 27.0 Å². The fourth-order valence-corrected chi connectivity index (χ4v) is 2.08. The summed E-state index contributed by atoms with van der Waals surface area (Å²) in [5, 5.41) is 8.69. The first-order valence-corrected chi connectivity index (χ1v) is 6.17. The molecule has 1 aliphatic carbocycles. The summed E-state index contributed by atoms with van der Waals surface area (Å²) in [6.45, 7) is 3.82. The van der Waals surface area contributed by atoms with Gasteiger partial charge in [-0.15, -0.1) is 0 Å². The van der Waals surface area contributed by atoms with Crippen LogP contribution in [0, 0.1) is 17.1 Å². The molecule has 2 rings (SSSR count). The Morgan fingerprint density at radius 3 is 2.76 bits per heavy atom. The van der Waals surface area contributed by atoms with E-state index in [4.69, 9.17) is 5.26 Å². The zero-order valence-electron chi connectivity index (χ0n) is 10.1. The summed E-state index contributed by atoms with van der Waals surface area (Å²) in [6, 6.07) is 7.35. The summed E-state index contributed by atoms with van der Waals surface area (Å²) in [4.78, 5) is 2.34. The zero-order chi connectivity index (χ0) is 12.3. The summed E-state index contributed by atoms with van der Waals surface area (Å²) in [5.74, 6) is -0.259. The van der Waals surface area contributed by atoms with Crippen LogP contribution in [-0.4, -0.2) is 17.5 Å². The lowest BCUT2D eigenvalue weighted by atomic mass is 10.1. The number of nitriles is 1. The van der Waals surface area contributed by atoms with Crippen molar-refractivity contribution < 1.29 is 4.39 Å². The van der Waals surface area contributed by atoms with Crippen LogP contribution in [-0.2, 0) is 6.54 Å². The number of nitrogens with zero attached hydrogens (tertiary/aromatic N) is 2. The van der Waals surface area contributed by atoms with Gasteiger partial charge in [0, 0.05) is 18.2 Å². The molecule has 0 heterocycles. The average Bonchev–Trinajstić information content (AvgIpc) is 3.14. The van der Waals surface area contributed by atoms with Crippen LogP contribution in [0.2, 0.25) is 0 Å². The Balaban J connectivity index is 2.09. The predicted molar refractivity (Wildman–Crippen MR) is 64.8 cm³/mol. The van der Waals surface area contributed by atoms with Gasteiger partial charge >= 0.3 is 0 Å². The molecule has 0 saturated heterocycles. The molecule has 17 heavy (non-hydrogen) atoms. The molecule has 0 bridgehead atoms. The summed E-state index contributed by atoms with van der Waals surface area (Å²) in [7, 11) is 0. The van der Waals surface area contributed by atoms with Gasteiger partial charge in [0.1, 0.15) is 5.82 Å². The molecule has 0 unspecified atom stereocenters. The molecule has 1 aliphatic rings. The van der Waals surface area contributed by atoms with Gasteiger partial charge in [-0.05, 0) is 37.9 Å².